The number of carbonyl (C=O) groups is 1. The first-order valence-electron chi connectivity index (χ1n) is 7.68. The number of likely N-dealkylation sites (N-methyl/N-ethyl adjacent to an activating group) is 1. The number of ether oxygens (including phenoxy) is 1. The normalized spacial score (nSPS) is 17.4. The Kier molecular flexibility index (Phi) is 11.0. The van der Waals surface area contributed by atoms with Crippen molar-refractivity contribution in [1.29, 1.82) is 0 Å². The van der Waals surface area contributed by atoms with Crippen LogP contribution >= 0.6 is 24.8 Å². The molecule has 0 aromatic rings. The molecule has 0 spiro atoms. The van der Waals surface area contributed by atoms with Gasteiger partial charge in [-0.3, -0.25) is 9.69 Å². The minimum absolute atomic E-state index is 0. The first kappa shape index (κ1) is 24.2. The maximum absolute atomic E-state index is 12.2. The van der Waals surface area contributed by atoms with Crippen LogP contribution in [0.25, 0.3) is 0 Å². The molecule has 4 nitrogen and oxygen atoms in total. The molecule has 1 saturated heterocycles. The van der Waals surface area contributed by atoms with Crippen LogP contribution in [0.5, 0.6) is 0 Å². The minimum Gasteiger partial charge on any atom is -0.464 e. The number of carbonyl (C=O) groups excluding carboxylic acids is 1. The predicted octanol–water partition coefficient (Wildman–Crippen LogP) is 3.08. The summed E-state index contributed by atoms with van der Waals surface area (Å²) in [5.41, 5.74) is -0.264. The number of rotatable bonds is 5. The monoisotopic (exact) mass is 356 g/mol. The van der Waals surface area contributed by atoms with Crippen LogP contribution in [-0.4, -0.2) is 62.1 Å². The van der Waals surface area contributed by atoms with Gasteiger partial charge in [-0.2, -0.15) is 0 Å². The van der Waals surface area contributed by atoms with E-state index in [1.54, 1.807) is 0 Å². The van der Waals surface area contributed by atoms with E-state index in [1.165, 1.54) is 0 Å². The molecule has 0 atom stereocenters. The van der Waals surface area contributed by atoms with E-state index in [4.69, 9.17) is 4.74 Å². The van der Waals surface area contributed by atoms with Crippen molar-refractivity contribution in [2.45, 2.75) is 41.0 Å². The van der Waals surface area contributed by atoms with Crippen LogP contribution in [0.2, 0.25) is 0 Å². The lowest BCUT2D eigenvalue weighted by Gasteiger charge is -2.33. The zero-order valence-electron chi connectivity index (χ0n) is 15.0. The zero-order chi connectivity index (χ0) is 15.4. The zero-order valence-corrected chi connectivity index (χ0v) is 16.6. The van der Waals surface area contributed by atoms with Gasteiger partial charge in [0.05, 0.1) is 5.41 Å². The Balaban J connectivity index is 0. The van der Waals surface area contributed by atoms with Crippen molar-refractivity contribution in [2.24, 2.45) is 10.8 Å². The fourth-order valence-corrected chi connectivity index (χ4v) is 2.93. The first-order chi connectivity index (χ1) is 9.10. The Labute approximate surface area is 148 Å². The van der Waals surface area contributed by atoms with E-state index in [9.17, 15) is 4.79 Å². The maximum atomic E-state index is 12.2. The van der Waals surface area contributed by atoms with Gasteiger partial charge in [0.15, 0.2) is 0 Å². The maximum Gasteiger partial charge on any atom is 0.311 e. The number of nitrogens with zero attached hydrogens (tertiary/aromatic N) is 2. The molecule has 6 heteroatoms. The third kappa shape index (κ3) is 9.19. The molecule has 1 aliphatic heterocycles. The number of piperazine rings is 1. The van der Waals surface area contributed by atoms with E-state index in [0.717, 1.165) is 39.1 Å². The highest BCUT2D eigenvalue weighted by Crippen LogP contribution is 2.34. The summed E-state index contributed by atoms with van der Waals surface area (Å²) >= 11 is 0. The van der Waals surface area contributed by atoms with Gasteiger partial charge in [-0.1, -0.05) is 20.8 Å². The summed E-state index contributed by atoms with van der Waals surface area (Å²) in [6.07, 6.45) is 0.841. The van der Waals surface area contributed by atoms with Gasteiger partial charge in [0.25, 0.3) is 0 Å². The fourth-order valence-electron chi connectivity index (χ4n) is 2.93. The smallest absolute Gasteiger partial charge is 0.311 e. The number of hydrogen-bond acceptors (Lipinski definition) is 4. The minimum atomic E-state index is -0.402. The van der Waals surface area contributed by atoms with Crippen molar-refractivity contribution < 1.29 is 9.53 Å². The van der Waals surface area contributed by atoms with Crippen LogP contribution in [0.15, 0.2) is 0 Å². The van der Waals surface area contributed by atoms with Crippen LogP contribution in [0.1, 0.15) is 41.0 Å². The van der Waals surface area contributed by atoms with Gasteiger partial charge in [-0.05, 0) is 32.7 Å². The average Bonchev–Trinajstić information content (AvgIpc) is 2.28. The number of esters is 1. The molecule has 134 valence electrons. The summed E-state index contributed by atoms with van der Waals surface area (Å²) in [7, 11) is 2.15. The Morgan fingerprint density at radius 2 is 1.50 bits per heavy atom. The van der Waals surface area contributed by atoms with Crippen LogP contribution in [0.3, 0.4) is 0 Å². The third-order valence-corrected chi connectivity index (χ3v) is 3.76. The van der Waals surface area contributed by atoms with Crippen molar-refractivity contribution in [1.82, 2.24) is 9.80 Å². The molecule has 22 heavy (non-hydrogen) atoms. The van der Waals surface area contributed by atoms with E-state index >= 15 is 0 Å². The second-order valence-corrected chi connectivity index (χ2v) is 7.90. The summed E-state index contributed by atoms with van der Waals surface area (Å²) in [5, 5.41) is 0. The van der Waals surface area contributed by atoms with E-state index in [2.05, 4.69) is 37.6 Å². The molecule has 1 rings (SSSR count). The Morgan fingerprint density at radius 1 is 1.00 bits per heavy atom. The van der Waals surface area contributed by atoms with Gasteiger partial charge in [0.1, 0.15) is 6.61 Å². The highest BCUT2D eigenvalue weighted by Gasteiger charge is 2.33. The summed E-state index contributed by atoms with van der Waals surface area (Å²) in [5.74, 6) is -0.0680. The van der Waals surface area contributed by atoms with Crippen molar-refractivity contribution in [3.8, 4) is 0 Å². The van der Waals surface area contributed by atoms with Gasteiger partial charge in [0, 0.05) is 32.7 Å². The lowest BCUT2D eigenvalue weighted by molar-refractivity contribution is -0.156. The molecule has 0 unspecified atom stereocenters. The van der Waals surface area contributed by atoms with E-state index in [0.29, 0.717) is 6.61 Å². The van der Waals surface area contributed by atoms with Gasteiger partial charge in [0.2, 0.25) is 0 Å². The molecule has 0 saturated carbocycles. The van der Waals surface area contributed by atoms with Crippen LogP contribution < -0.4 is 0 Å². The predicted molar refractivity (Wildman–Crippen MR) is 97.2 cm³/mol. The summed E-state index contributed by atoms with van der Waals surface area (Å²) in [4.78, 5) is 16.9. The van der Waals surface area contributed by atoms with E-state index in [-0.39, 0.29) is 36.2 Å². The molecule has 0 aromatic heterocycles. The van der Waals surface area contributed by atoms with Gasteiger partial charge >= 0.3 is 5.97 Å². The molecule has 1 heterocycles. The van der Waals surface area contributed by atoms with Crippen molar-refractivity contribution in [3.05, 3.63) is 0 Å². The van der Waals surface area contributed by atoms with Crippen molar-refractivity contribution in [2.75, 3.05) is 46.4 Å². The summed E-state index contributed by atoms with van der Waals surface area (Å²) in [6.45, 7) is 16.1. The molecule has 0 amide bonds. The lowest BCUT2D eigenvalue weighted by atomic mass is 9.76. The molecular formula is C16H34Cl2N2O2. The standard InChI is InChI=1S/C16H32N2O2.2ClH/c1-15(2,3)13-16(4,5)14(19)20-12-11-18-9-7-17(6)8-10-18;;/h7-13H2,1-6H3;2*1H. The number of hydrogen-bond donors (Lipinski definition) is 0. The van der Waals surface area contributed by atoms with Crippen LogP contribution in [0.4, 0.5) is 0 Å². The van der Waals surface area contributed by atoms with Crippen LogP contribution in [-0.2, 0) is 9.53 Å². The van der Waals surface area contributed by atoms with Crippen molar-refractivity contribution in [3.63, 3.8) is 0 Å². The molecule has 0 N–H and O–H groups in total. The quantitative estimate of drug-likeness (QED) is 0.708. The first-order valence-corrected chi connectivity index (χ1v) is 7.68. The second-order valence-electron chi connectivity index (χ2n) is 7.90. The molecule has 0 aliphatic carbocycles. The molecule has 1 aliphatic rings. The molecule has 1 fully saturated rings. The largest absolute Gasteiger partial charge is 0.464 e. The van der Waals surface area contributed by atoms with E-state index < -0.39 is 5.41 Å². The lowest BCUT2D eigenvalue weighted by Crippen LogP contribution is -2.45. The highest BCUT2D eigenvalue weighted by atomic mass is 35.5. The van der Waals surface area contributed by atoms with E-state index in [1.807, 2.05) is 13.8 Å². The Bertz CT molecular complexity index is 323. The topological polar surface area (TPSA) is 32.8 Å². The SMILES string of the molecule is CN1CCN(CCOC(=O)C(C)(C)CC(C)(C)C)CC1.Cl.Cl. The number of halogens is 2. The fraction of sp³-hybridized carbons (Fsp3) is 0.938. The molecule has 0 aromatic carbocycles. The third-order valence-electron chi connectivity index (χ3n) is 3.76. The van der Waals surface area contributed by atoms with Crippen molar-refractivity contribution >= 4 is 30.8 Å². The molecular weight excluding hydrogens is 323 g/mol. The average molecular weight is 357 g/mol. The van der Waals surface area contributed by atoms with Gasteiger partial charge in [-0.25, -0.2) is 0 Å². The summed E-state index contributed by atoms with van der Waals surface area (Å²) < 4.78 is 5.49. The van der Waals surface area contributed by atoms with Gasteiger partial charge in [-0.15, -0.1) is 24.8 Å². The Hall–Kier alpha value is -0.0300. The van der Waals surface area contributed by atoms with Gasteiger partial charge < -0.3 is 9.64 Å². The Morgan fingerprint density at radius 3 is 1.95 bits per heavy atom. The highest BCUT2D eigenvalue weighted by molar-refractivity contribution is 5.85. The summed E-state index contributed by atoms with van der Waals surface area (Å²) in [6, 6.07) is 0. The molecule has 0 radical (unpaired) electrons. The molecule has 0 bridgehead atoms. The van der Waals surface area contributed by atoms with Crippen LogP contribution in [0, 0.1) is 10.8 Å². The second kappa shape index (κ2) is 9.96.